The molecular formula is C12H15F2N3O4S. The molecule has 1 fully saturated rings. The predicted octanol–water partition coefficient (Wildman–Crippen LogP) is 0.320. The fourth-order valence-electron chi connectivity index (χ4n) is 2.03. The molecule has 1 aliphatic heterocycles. The smallest absolute Gasteiger partial charge is 0.313 e. The monoisotopic (exact) mass is 335 g/mol. The van der Waals surface area contributed by atoms with Crippen LogP contribution < -0.4 is 15.6 Å². The summed E-state index contributed by atoms with van der Waals surface area (Å²) < 4.78 is 58.3. The average molecular weight is 335 g/mol. The van der Waals surface area contributed by atoms with E-state index in [4.69, 9.17) is 4.74 Å². The molecule has 0 amide bonds. The largest absolute Gasteiger partial charge is 0.466 e. The van der Waals surface area contributed by atoms with Crippen molar-refractivity contribution in [2.24, 2.45) is 5.92 Å². The number of anilines is 1. The molecule has 1 aliphatic rings. The molecule has 1 aromatic carbocycles. The highest BCUT2D eigenvalue weighted by atomic mass is 32.2. The Bertz CT molecular complexity index is 648. The van der Waals surface area contributed by atoms with Crippen LogP contribution >= 0.6 is 0 Å². The third-order valence-electron chi connectivity index (χ3n) is 3.06. The molecule has 2 rings (SSSR count). The summed E-state index contributed by atoms with van der Waals surface area (Å²) in [4.78, 5) is 11.7. The number of hydrazine groups is 1. The zero-order chi connectivity index (χ0) is 16.3. The lowest BCUT2D eigenvalue weighted by Gasteiger charge is -2.19. The standard InChI is InChI=1S/C12H15F2N3O4S/c1-2-21-12(18)7-6-15-16-11(7)22(19,20)17-10-8(13)4-3-5-9(10)14/h3-5,7,11,15-17H,2,6H2,1H3. The van der Waals surface area contributed by atoms with Crippen molar-refractivity contribution in [3.63, 3.8) is 0 Å². The molecule has 0 aromatic heterocycles. The van der Waals surface area contributed by atoms with Crippen LogP contribution in [-0.4, -0.2) is 32.9 Å². The average Bonchev–Trinajstić information content (AvgIpc) is 2.94. The Labute approximate surface area is 126 Å². The zero-order valence-corrected chi connectivity index (χ0v) is 12.4. The van der Waals surface area contributed by atoms with E-state index in [2.05, 4.69) is 10.9 Å². The fraction of sp³-hybridized carbons (Fsp3) is 0.417. The van der Waals surface area contributed by atoms with Crippen molar-refractivity contribution in [3.05, 3.63) is 29.8 Å². The number of hydrogen-bond acceptors (Lipinski definition) is 6. The van der Waals surface area contributed by atoms with Crippen LogP contribution in [0.2, 0.25) is 0 Å². The van der Waals surface area contributed by atoms with Gasteiger partial charge in [-0.25, -0.2) is 22.6 Å². The van der Waals surface area contributed by atoms with E-state index >= 15 is 0 Å². The van der Waals surface area contributed by atoms with Crippen LogP contribution in [-0.2, 0) is 19.6 Å². The molecular weight excluding hydrogens is 320 g/mol. The van der Waals surface area contributed by atoms with Gasteiger partial charge in [0.1, 0.15) is 23.2 Å². The minimum Gasteiger partial charge on any atom is -0.466 e. The third-order valence-corrected chi connectivity index (χ3v) is 4.67. The predicted molar refractivity (Wildman–Crippen MR) is 73.9 cm³/mol. The number of esters is 1. The number of nitrogens with one attached hydrogen (secondary N) is 3. The maximum absolute atomic E-state index is 13.5. The first kappa shape index (κ1) is 16.6. The van der Waals surface area contributed by atoms with Crippen LogP contribution in [0.1, 0.15) is 6.92 Å². The second kappa shape index (κ2) is 6.55. The summed E-state index contributed by atoms with van der Waals surface area (Å²) in [6.07, 6.45) is 0. The maximum Gasteiger partial charge on any atom is 0.313 e. The van der Waals surface area contributed by atoms with Crippen LogP contribution in [0.4, 0.5) is 14.5 Å². The van der Waals surface area contributed by atoms with Gasteiger partial charge in [0, 0.05) is 6.54 Å². The van der Waals surface area contributed by atoms with Crippen molar-refractivity contribution in [2.45, 2.75) is 12.3 Å². The maximum atomic E-state index is 13.5. The molecule has 7 nitrogen and oxygen atoms in total. The molecule has 1 aromatic rings. The Morgan fingerprint density at radius 3 is 2.64 bits per heavy atom. The van der Waals surface area contributed by atoms with Gasteiger partial charge in [0.25, 0.3) is 10.0 Å². The number of hydrogen-bond donors (Lipinski definition) is 3. The van der Waals surface area contributed by atoms with E-state index in [0.717, 1.165) is 18.2 Å². The first-order valence-electron chi connectivity index (χ1n) is 6.47. The number of carbonyl (C=O) groups excluding carboxylic acids is 1. The van der Waals surface area contributed by atoms with Crippen LogP contribution in [0.15, 0.2) is 18.2 Å². The number of sulfonamides is 1. The van der Waals surface area contributed by atoms with Gasteiger partial charge in [0.2, 0.25) is 0 Å². The molecule has 0 spiro atoms. The van der Waals surface area contributed by atoms with Crippen molar-refractivity contribution in [2.75, 3.05) is 17.9 Å². The SMILES string of the molecule is CCOC(=O)C1CNNC1S(=O)(=O)Nc1c(F)cccc1F. The highest BCUT2D eigenvalue weighted by molar-refractivity contribution is 7.93. The Kier molecular flexibility index (Phi) is 4.94. The van der Waals surface area contributed by atoms with E-state index in [1.807, 2.05) is 4.72 Å². The molecule has 2 unspecified atom stereocenters. The Balaban J connectivity index is 2.24. The van der Waals surface area contributed by atoms with Crippen molar-refractivity contribution in [1.29, 1.82) is 0 Å². The lowest BCUT2D eigenvalue weighted by atomic mass is 10.2. The summed E-state index contributed by atoms with van der Waals surface area (Å²) in [5.41, 5.74) is 4.13. The summed E-state index contributed by atoms with van der Waals surface area (Å²) in [5, 5.41) is -1.41. The van der Waals surface area contributed by atoms with Crippen molar-refractivity contribution < 1.29 is 26.7 Å². The minimum absolute atomic E-state index is 0.0180. The van der Waals surface area contributed by atoms with Crippen LogP contribution in [0.25, 0.3) is 0 Å². The van der Waals surface area contributed by atoms with E-state index in [9.17, 15) is 22.0 Å². The number of benzene rings is 1. The summed E-state index contributed by atoms with van der Waals surface area (Å²) in [6.45, 7) is 1.70. The van der Waals surface area contributed by atoms with E-state index in [1.54, 1.807) is 6.92 Å². The number of para-hydroxylation sites is 1. The second-order valence-corrected chi connectivity index (χ2v) is 6.35. The summed E-state index contributed by atoms with van der Waals surface area (Å²) in [7, 11) is -4.28. The van der Waals surface area contributed by atoms with Gasteiger partial charge in [-0.3, -0.25) is 14.9 Å². The van der Waals surface area contributed by atoms with E-state index < -0.39 is 44.6 Å². The molecule has 1 saturated heterocycles. The van der Waals surface area contributed by atoms with Crippen molar-refractivity contribution in [3.8, 4) is 0 Å². The van der Waals surface area contributed by atoms with Crippen molar-refractivity contribution in [1.82, 2.24) is 10.9 Å². The summed E-state index contributed by atoms with van der Waals surface area (Å²) >= 11 is 0. The lowest BCUT2D eigenvalue weighted by molar-refractivity contribution is -0.147. The molecule has 3 N–H and O–H groups in total. The lowest BCUT2D eigenvalue weighted by Crippen LogP contribution is -2.44. The topological polar surface area (TPSA) is 96.5 Å². The number of carbonyl (C=O) groups is 1. The first-order valence-corrected chi connectivity index (χ1v) is 8.02. The van der Waals surface area contributed by atoms with Crippen LogP contribution in [0.5, 0.6) is 0 Å². The number of ether oxygens (including phenoxy) is 1. The summed E-state index contributed by atoms with van der Waals surface area (Å²) in [6, 6.07) is 2.95. The molecule has 0 bridgehead atoms. The minimum atomic E-state index is -4.28. The van der Waals surface area contributed by atoms with Gasteiger partial charge in [-0.05, 0) is 19.1 Å². The van der Waals surface area contributed by atoms with Gasteiger partial charge in [0.05, 0.1) is 6.61 Å². The van der Waals surface area contributed by atoms with Gasteiger partial charge in [-0.15, -0.1) is 0 Å². The quantitative estimate of drug-likeness (QED) is 0.671. The molecule has 22 heavy (non-hydrogen) atoms. The molecule has 0 radical (unpaired) electrons. The third kappa shape index (κ3) is 3.34. The first-order chi connectivity index (χ1) is 10.4. The second-order valence-electron chi connectivity index (χ2n) is 4.55. The normalized spacial score (nSPS) is 21.6. The summed E-state index contributed by atoms with van der Waals surface area (Å²) in [5.74, 6) is -3.86. The Morgan fingerprint density at radius 2 is 2.05 bits per heavy atom. The van der Waals surface area contributed by atoms with Gasteiger partial charge in [0.15, 0.2) is 5.37 Å². The number of halogens is 2. The van der Waals surface area contributed by atoms with E-state index in [-0.39, 0.29) is 13.2 Å². The Morgan fingerprint density at radius 1 is 1.41 bits per heavy atom. The molecule has 0 saturated carbocycles. The molecule has 10 heteroatoms. The van der Waals surface area contributed by atoms with Crippen LogP contribution in [0.3, 0.4) is 0 Å². The zero-order valence-electron chi connectivity index (χ0n) is 11.6. The highest BCUT2D eigenvalue weighted by Gasteiger charge is 2.43. The van der Waals surface area contributed by atoms with Crippen molar-refractivity contribution >= 4 is 21.7 Å². The molecule has 0 aliphatic carbocycles. The Hall–Kier alpha value is -1.78. The number of rotatable bonds is 5. The van der Waals surface area contributed by atoms with Gasteiger partial charge < -0.3 is 4.74 Å². The fourth-order valence-corrected chi connectivity index (χ4v) is 3.51. The van der Waals surface area contributed by atoms with Gasteiger partial charge >= 0.3 is 5.97 Å². The van der Waals surface area contributed by atoms with E-state index in [0.29, 0.717) is 0 Å². The van der Waals surface area contributed by atoms with Gasteiger partial charge in [-0.2, -0.15) is 0 Å². The molecule has 2 atom stereocenters. The highest BCUT2D eigenvalue weighted by Crippen LogP contribution is 2.23. The van der Waals surface area contributed by atoms with Crippen LogP contribution in [0, 0.1) is 17.6 Å². The van der Waals surface area contributed by atoms with Gasteiger partial charge in [-0.1, -0.05) is 6.07 Å². The molecule has 122 valence electrons. The molecule has 1 heterocycles. The van der Waals surface area contributed by atoms with E-state index in [1.165, 1.54) is 0 Å².